The van der Waals surface area contributed by atoms with E-state index in [-0.39, 0.29) is 64.1 Å². The lowest BCUT2D eigenvalue weighted by Crippen LogP contribution is -2.56. The van der Waals surface area contributed by atoms with E-state index in [0.717, 1.165) is 51.3 Å². The second-order valence-electron chi connectivity index (χ2n) is 18.7. The van der Waals surface area contributed by atoms with Crippen LogP contribution in [0.5, 0.6) is 0 Å². The zero-order valence-electron chi connectivity index (χ0n) is 41.6. The van der Waals surface area contributed by atoms with Crippen LogP contribution in [0.25, 0.3) is 0 Å². The van der Waals surface area contributed by atoms with Crippen molar-refractivity contribution >= 4 is 42.0 Å². The number of hydrogen-bond acceptors (Lipinski definition) is 8. The topological polar surface area (TPSA) is 187 Å². The highest BCUT2D eigenvalue weighted by atomic mass is 19.2. The normalized spacial score (nSPS) is 17.6. The number of carbonyl (C=O) groups is 7. The van der Waals surface area contributed by atoms with E-state index in [1.165, 1.54) is 26.7 Å². The predicted octanol–water partition coefficient (Wildman–Crippen LogP) is 7.72. The number of nitrogens with one attached hydrogen (secondary N) is 4. The molecule has 16 heteroatoms. The molecule has 0 aromatic heterocycles. The first-order valence-electron chi connectivity index (χ1n) is 23.1. The molecular weight excluding hydrogens is 822 g/mol. The van der Waals surface area contributed by atoms with Crippen LogP contribution in [-0.4, -0.2) is 114 Å². The first-order valence-corrected chi connectivity index (χ1v) is 23.1. The summed E-state index contributed by atoms with van der Waals surface area (Å²) in [5.74, 6) is 0.289. The largest absolute Gasteiger partial charge is 0.451 e. The zero-order chi connectivity index (χ0) is 49.2. The summed E-state index contributed by atoms with van der Waals surface area (Å²) in [6, 6.07) is 8.44. The minimum absolute atomic E-state index is 0.0193. The van der Waals surface area contributed by atoms with Gasteiger partial charge in [-0.2, -0.15) is 0 Å². The summed E-state index contributed by atoms with van der Waals surface area (Å²) in [5, 5.41) is 11.5. The van der Waals surface area contributed by atoms with Gasteiger partial charge in [0.2, 0.25) is 24.1 Å². The number of hydrogen-bond donors (Lipinski definition) is 4. The monoisotopic (exact) mass is 906 g/mol. The molecule has 64 heavy (non-hydrogen) atoms. The Bertz CT molecular complexity index is 1570. The van der Waals surface area contributed by atoms with Gasteiger partial charge in [-0.1, -0.05) is 117 Å². The summed E-state index contributed by atoms with van der Waals surface area (Å²) in [6.07, 6.45) is 7.82. The van der Waals surface area contributed by atoms with E-state index >= 15 is 0 Å². The number of ketones is 1. The van der Waals surface area contributed by atoms with E-state index in [2.05, 4.69) is 74.5 Å². The molecule has 2 aliphatic heterocycles. The number of ether oxygens (including phenoxy) is 1. The number of amides is 7. The summed E-state index contributed by atoms with van der Waals surface area (Å²) < 4.78 is 17.0. The molecule has 4 unspecified atom stereocenters. The highest BCUT2D eigenvalue weighted by Gasteiger charge is 2.36. The van der Waals surface area contributed by atoms with Crippen LogP contribution in [0.15, 0.2) is 30.3 Å². The number of rotatable bonds is 15. The highest BCUT2D eigenvalue weighted by Crippen LogP contribution is 2.32. The van der Waals surface area contributed by atoms with Crippen molar-refractivity contribution in [3.05, 3.63) is 35.9 Å². The molecule has 7 amide bonds. The van der Waals surface area contributed by atoms with Crippen molar-refractivity contribution in [1.29, 1.82) is 0 Å². The van der Waals surface area contributed by atoms with Crippen LogP contribution >= 0.6 is 0 Å². The Balaban J connectivity index is 0.000000880. The lowest BCUT2D eigenvalue weighted by atomic mass is 9.81. The molecule has 3 fully saturated rings. The van der Waals surface area contributed by atoms with Crippen LogP contribution in [-0.2, 0) is 35.3 Å². The summed E-state index contributed by atoms with van der Waals surface area (Å²) >= 11 is 0. The molecule has 0 bridgehead atoms. The maximum absolute atomic E-state index is 12.8. The fourth-order valence-corrected chi connectivity index (χ4v) is 6.42. The number of unbranched alkanes of at least 4 members (excludes halogenated alkanes) is 1. The van der Waals surface area contributed by atoms with Crippen LogP contribution in [0.1, 0.15) is 153 Å². The van der Waals surface area contributed by atoms with E-state index in [1.54, 1.807) is 29.2 Å². The number of urea groups is 1. The van der Waals surface area contributed by atoms with Crippen molar-refractivity contribution < 1.29 is 42.8 Å². The van der Waals surface area contributed by atoms with Gasteiger partial charge in [0.05, 0.1) is 25.7 Å². The second kappa shape index (κ2) is 30.4. The van der Waals surface area contributed by atoms with Gasteiger partial charge in [0.15, 0.2) is 5.78 Å². The molecular formula is C48H84FN7O8. The molecule has 15 nitrogen and oxygen atoms in total. The van der Waals surface area contributed by atoms with Crippen LogP contribution in [0.2, 0.25) is 0 Å². The fourth-order valence-electron chi connectivity index (χ4n) is 6.42. The van der Waals surface area contributed by atoms with E-state index in [1.807, 2.05) is 38.7 Å². The molecule has 4 N–H and O–H groups in total. The molecule has 3 aliphatic rings. The van der Waals surface area contributed by atoms with Gasteiger partial charge in [0, 0.05) is 45.1 Å². The Labute approximate surface area is 384 Å². The molecule has 0 spiro atoms. The molecule has 0 radical (unpaired) electrons. The fraction of sp³-hybridized carbons (Fsp3) is 0.729. The lowest BCUT2D eigenvalue weighted by Gasteiger charge is -2.41. The van der Waals surface area contributed by atoms with Gasteiger partial charge in [-0.15, -0.1) is 5.12 Å². The quantitative estimate of drug-likeness (QED) is 0.102. The smallest absolute Gasteiger partial charge is 0.438 e. The minimum Gasteiger partial charge on any atom is -0.451 e. The maximum atomic E-state index is 12.8. The molecule has 1 saturated carbocycles. The van der Waals surface area contributed by atoms with Crippen molar-refractivity contribution in [2.45, 2.75) is 185 Å². The van der Waals surface area contributed by atoms with Gasteiger partial charge in [-0.05, 0) is 74.7 Å². The van der Waals surface area contributed by atoms with E-state index in [0.29, 0.717) is 44.3 Å². The Hall–Kier alpha value is -4.76. The number of carbonyl (C=O) groups excluding carboxylic acids is 7. The Kier molecular flexibility index (Phi) is 28.1. The van der Waals surface area contributed by atoms with Gasteiger partial charge < -0.3 is 35.8 Å². The van der Waals surface area contributed by atoms with Gasteiger partial charge in [0.1, 0.15) is 6.04 Å². The average Bonchev–Trinajstić information content (AvgIpc) is 3.91. The van der Waals surface area contributed by atoms with Gasteiger partial charge in [0.25, 0.3) is 0 Å². The van der Waals surface area contributed by atoms with Crippen LogP contribution in [0, 0.1) is 16.7 Å². The van der Waals surface area contributed by atoms with Crippen molar-refractivity contribution in [2.75, 3.05) is 26.7 Å². The number of halogens is 1. The third-order valence-electron chi connectivity index (χ3n) is 11.2. The van der Waals surface area contributed by atoms with Crippen LogP contribution in [0.3, 0.4) is 0 Å². The third kappa shape index (κ3) is 24.3. The summed E-state index contributed by atoms with van der Waals surface area (Å²) in [5.41, 5.74) is 0.684. The number of likely N-dealkylation sites (tertiary alicyclic amines) is 2. The molecule has 2 saturated heterocycles. The van der Waals surface area contributed by atoms with Crippen molar-refractivity contribution in [3.8, 4) is 0 Å². The first kappa shape index (κ1) is 59.2. The molecule has 4 atom stereocenters. The molecule has 1 aromatic rings. The standard InChI is InChI=1S/C19H37N3O2.C14H24N2O3.C9H10FNO2.C4H7NO.C2H6/c1-13(2)14(3)20-17(24)21-15(18(4,5)6)12-22-10-9-19(7,8)11-16(22)23;1-4-5-7-12(10(2)17)15-14(19)13-8-6-9-16(13)11(3)18;1-13-9(12)11(10)7-8-5-3-2-4-6-8;6-3-5-4-1-2-4;1-2/h13-15H,9-12H2,1-8H3,(H2,20,21,24);12-13H,4-9H2,1-3H3,(H,15,19);2-6H,7H2,1H3;3-4H,1-2H2,(H,5,6);1-2H3. The number of piperidine rings is 1. The number of nitrogens with zero attached hydrogens (tertiary/aromatic N) is 3. The summed E-state index contributed by atoms with van der Waals surface area (Å²) in [6.45, 7) is 27.7. The molecule has 4 rings (SSSR count). The summed E-state index contributed by atoms with van der Waals surface area (Å²) in [4.78, 5) is 83.6. The first-order chi connectivity index (χ1) is 30.0. The van der Waals surface area contributed by atoms with Gasteiger partial charge in [-0.25, -0.2) is 9.59 Å². The maximum Gasteiger partial charge on any atom is 0.438 e. The number of benzene rings is 1. The molecule has 366 valence electrons. The zero-order valence-corrected chi connectivity index (χ0v) is 41.6. The van der Waals surface area contributed by atoms with E-state index < -0.39 is 18.2 Å². The van der Waals surface area contributed by atoms with Crippen LogP contribution in [0.4, 0.5) is 14.1 Å². The predicted molar refractivity (Wildman–Crippen MR) is 250 cm³/mol. The lowest BCUT2D eigenvalue weighted by molar-refractivity contribution is -0.138. The van der Waals surface area contributed by atoms with Crippen molar-refractivity contribution in [2.24, 2.45) is 16.7 Å². The van der Waals surface area contributed by atoms with Crippen molar-refractivity contribution in [1.82, 2.24) is 36.2 Å². The Morgan fingerprint density at radius 3 is 2.03 bits per heavy atom. The van der Waals surface area contributed by atoms with Gasteiger partial charge >= 0.3 is 12.1 Å². The van der Waals surface area contributed by atoms with Crippen LogP contribution < -0.4 is 21.3 Å². The Morgan fingerprint density at radius 2 is 1.58 bits per heavy atom. The minimum atomic E-state index is -0.983. The van der Waals surface area contributed by atoms with E-state index in [9.17, 15) is 38.0 Å². The second-order valence-corrected chi connectivity index (χ2v) is 18.7. The molecule has 1 aliphatic carbocycles. The average molecular weight is 906 g/mol. The molecule has 1 aromatic carbocycles. The third-order valence-corrected chi connectivity index (χ3v) is 11.2. The highest BCUT2D eigenvalue weighted by molar-refractivity contribution is 5.92. The summed E-state index contributed by atoms with van der Waals surface area (Å²) in [7, 11) is 1.14. The van der Waals surface area contributed by atoms with Gasteiger partial charge in [-0.3, -0.25) is 24.0 Å². The SMILES string of the molecule is CC.CC(C)C(C)NC(=O)NC(CN1CCC(C)(C)CC1=O)C(C)(C)C.CCCCC(NC(=O)C1CCCN1C(C)=O)C(C)=O.COC(=O)N(F)Cc1ccccc1.O=CNC1CC1. The van der Waals surface area contributed by atoms with Crippen molar-refractivity contribution in [3.63, 3.8) is 0 Å². The number of methoxy groups -OCH3 is 1. The molecule has 2 heterocycles. The van der Waals surface area contributed by atoms with E-state index in [4.69, 9.17) is 0 Å². The number of Topliss-reactive ketones (excluding diaryl/α,β-unsaturated/α-hetero) is 1. The Morgan fingerprint density at radius 1 is 0.969 bits per heavy atom.